The molecule has 2 aromatic rings. The molecule has 0 amide bonds. The van der Waals surface area contributed by atoms with Crippen molar-refractivity contribution in [1.82, 2.24) is 14.8 Å². The summed E-state index contributed by atoms with van der Waals surface area (Å²) in [4.78, 5) is 14.9. The van der Waals surface area contributed by atoms with Crippen molar-refractivity contribution in [3.05, 3.63) is 34.3 Å². The minimum Gasteiger partial charge on any atom is -0.496 e. The molecule has 0 aliphatic rings. The minimum absolute atomic E-state index is 0.205. The van der Waals surface area contributed by atoms with Crippen molar-refractivity contribution < 1.29 is 14.6 Å². The van der Waals surface area contributed by atoms with Crippen LogP contribution < -0.4 is 4.74 Å². The van der Waals surface area contributed by atoms with Gasteiger partial charge in [-0.1, -0.05) is 6.92 Å². The molecule has 19 heavy (non-hydrogen) atoms. The molecule has 0 atom stereocenters. The van der Waals surface area contributed by atoms with Crippen LogP contribution >= 0.6 is 15.9 Å². The molecule has 0 spiro atoms. The number of halogens is 1. The normalized spacial score (nSPS) is 10.5. The summed E-state index contributed by atoms with van der Waals surface area (Å²) in [7, 11) is 1.58. The smallest absolute Gasteiger partial charge is 0.375 e. The van der Waals surface area contributed by atoms with Crippen molar-refractivity contribution in [2.24, 2.45) is 0 Å². The second-order valence-electron chi connectivity index (χ2n) is 3.74. The van der Waals surface area contributed by atoms with Gasteiger partial charge in [0.25, 0.3) is 5.82 Å². The van der Waals surface area contributed by atoms with Crippen LogP contribution in [0.25, 0.3) is 5.69 Å². The molecule has 6 nitrogen and oxygen atoms in total. The molecule has 0 unspecified atom stereocenters. The van der Waals surface area contributed by atoms with E-state index in [1.807, 2.05) is 6.92 Å². The van der Waals surface area contributed by atoms with Crippen LogP contribution in [0.3, 0.4) is 0 Å². The fourth-order valence-electron chi connectivity index (χ4n) is 1.66. The molecule has 0 radical (unpaired) electrons. The largest absolute Gasteiger partial charge is 0.496 e. The second kappa shape index (κ2) is 5.40. The predicted octanol–water partition coefficient (Wildman–Crippen LogP) is 2.30. The van der Waals surface area contributed by atoms with Crippen molar-refractivity contribution in [1.29, 1.82) is 0 Å². The maximum Gasteiger partial charge on any atom is 0.375 e. The molecule has 0 aliphatic carbocycles. The summed E-state index contributed by atoms with van der Waals surface area (Å²) in [6.07, 6.45) is 0.587. The van der Waals surface area contributed by atoms with E-state index < -0.39 is 5.97 Å². The summed E-state index contributed by atoms with van der Waals surface area (Å²) >= 11 is 3.38. The topological polar surface area (TPSA) is 77.2 Å². The summed E-state index contributed by atoms with van der Waals surface area (Å²) in [5.74, 6) is -0.0559. The Bertz CT molecular complexity index is 625. The Morgan fingerprint density at radius 2 is 2.26 bits per heavy atom. The van der Waals surface area contributed by atoms with Crippen LogP contribution in [0.1, 0.15) is 23.4 Å². The van der Waals surface area contributed by atoms with E-state index in [4.69, 9.17) is 9.84 Å². The molecule has 1 aromatic carbocycles. The first-order valence-corrected chi connectivity index (χ1v) is 6.39. The van der Waals surface area contributed by atoms with Gasteiger partial charge < -0.3 is 9.84 Å². The fourth-order valence-corrected chi connectivity index (χ4v) is 2.19. The van der Waals surface area contributed by atoms with Crippen LogP contribution in [0.5, 0.6) is 5.75 Å². The molecule has 1 heterocycles. The molecular weight excluding hydrogens is 314 g/mol. The maximum absolute atomic E-state index is 10.9. The summed E-state index contributed by atoms with van der Waals surface area (Å²) in [5.41, 5.74) is 0.726. The van der Waals surface area contributed by atoms with E-state index in [1.165, 1.54) is 4.68 Å². The van der Waals surface area contributed by atoms with Gasteiger partial charge in [-0.05, 0) is 34.1 Å². The molecule has 1 N–H and O–H groups in total. The van der Waals surface area contributed by atoms with Crippen LogP contribution in [0.4, 0.5) is 0 Å². The maximum atomic E-state index is 10.9. The predicted molar refractivity (Wildman–Crippen MR) is 71.9 cm³/mol. The summed E-state index contributed by atoms with van der Waals surface area (Å²) < 4.78 is 7.44. The number of hydrogen-bond acceptors (Lipinski definition) is 4. The van der Waals surface area contributed by atoms with Crippen LogP contribution in [-0.4, -0.2) is 33.0 Å². The zero-order chi connectivity index (χ0) is 14.0. The van der Waals surface area contributed by atoms with E-state index in [9.17, 15) is 4.79 Å². The third kappa shape index (κ3) is 2.60. The molecule has 7 heteroatoms. The van der Waals surface area contributed by atoms with Gasteiger partial charge in [0.15, 0.2) is 0 Å². The lowest BCUT2D eigenvalue weighted by molar-refractivity contribution is 0.0683. The van der Waals surface area contributed by atoms with E-state index in [1.54, 1.807) is 25.3 Å². The average Bonchev–Trinajstić information content (AvgIpc) is 2.82. The van der Waals surface area contributed by atoms with Gasteiger partial charge in [0.2, 0.25) is 0 Å². The number of carboxylic acid groups (broad SMARTS) is 1. The van der Waals surface area contributed by atoms with Crippen molar-refractivity contribution in [3.8, 4) is 11.4 Å². The lowest BCUT2D eigenvalue weighted by atomic mass is 10.3. The van der Waals surface area contributed by atoms with Crippen molar-refractivity contribution in [2.75, 3.05) is 7.11 Å². The molecule has 1 aromatic heterocycles. The lowest BCUT2D eigenvalue weighted by Gasteiger charge is -2.07. The van der Waals surface area contributed by atoms with E-state index in [0.29, 0.717) is 18.0 Å². The number of aromatic carboxylic acids is 1. The Morgan fingerprint density at radius 3 is 2.79 bits per heavy atom. The van der Waals surface area contributed by atoms with Gasteiger partial charge in [0, 0.05) is 6.42 Å². The van der Waals surface area contributed by atoms with Crippen molar-refractivity contribution in [2.45, 2.75) is 13.3 Å². The number of nitrogens with zero attached hydrogens (tertiary/aromatic N) is 3. The van der Waals surface area contributed by atoms with Crippen LogP contribution in [0.2, 0.25) is 0 Å². The van der Waals surface area contributed by atoms with E-state index >= 15 is 0 Å². The molecule has 2 rings (SSSR count). The van der Waals surface area contributed by atoms with Gasteiger partial charge in [-0.2, -0.15) is 0 Å². The Balaban J connectivity index is 2.51. The number of carbonyl (C=O) groups is 1. The molecule has 100 valence electrons. The van der Waals surface area contributed by atoms with E-state index in [0.717, 1.165) is 10.2 Å². The molecule has 0 saturated heterocycles. The minimum atomic E-state index is -1.14. The quantitative estimate of drug-likeness (QED) is 0.933. The van der Waals surface area contributed by atoms with Gasteiger partial charge in [-0.3, -0.25) is 0 Å². The van der Waals surface area contributed by atoms with E-state index in [2.05, 4.69) is 26.0 Å². The van der Waals surface area contributed by atoms with Gasteiger partial charge in [-0.15, -0.1) is 5.10 Å². The highest BCUT2D eigenvalue weighted by atomic mass is 79.9. The molecular formula is C12H12BrN3O3. The first kappa shape index (κ1) is 13.5. The number of aryl methyl sites for hydroxylation is 1. The fraction of sp³-hybridized carbons (Fsp3) is 0.250. The number of rotatable bonds is 4. The Labute approximate surface area is 118 Å². The number of benzene rings is 1. The first-order chi connectivity index (χ1) is 9.06. The first-order valence-electron chi connectivity index (χ1n) is 5.60. The standard InChI is InChI=1S/C12H12BrN3O3/c1-3-10-14-11(12(17)18)15-16(10)7-4-5-9(19-2)8(13)6-7/h4-6H,3H2,1-2H3,(H,17,18). The zero-order valence-corrected chi connectivity index (χ0v) is 12.0. The molecule has 0 saturated carbocycles. The number of carboxylic acids is 1. The van der Waals surface area contributed by atoms with Crippen molar-refractivity contribution >= 4 is 21.9 Å². The Hall–Kier alpha value is -1.89. The second-order valence-corrected chi connectivity index (χ2v) is 4.60. The monoisotopic (exact) mass is 325 g/mol. The SMILES string of the molecule is CCc1nc(C(=O)O)nn1-c1ccc(OC)c(Br)c1. The third-order valence-corrected chi connectivity index (χ3v) is 3.18. The van der Waals surface area contributed by atoms with E-state index in [-0.39, 0.29) is 5.82 Å². The highest BCUT2D eigenvalue weighted by molar-refractivity contribution is 9.10. The summed E-state index contributed by atoms with van der Waals surface area (Å²) in [6, 6.07) is 5.38. The average molecular weight is 326 g/mol. The van der Waals surface area contributed by atoms with Crippen molar-refractivity contribution in [3.63, 3.8) is 0 Å². The van der Waals surface area contributed by atoms with Crippen LogP contribution in [-0.2, 0) is 6.42 Å². The van der Waals surface area contributed by atoms with Gasteiger partial charge in [0.1, 0.15) is 11.6 Å². The summed E-state index contributed by atoms with van der Waals surface area (Å²) in [6.45, 7) is 1.89. The number of ether oxygens (including phenoxy) is 1. The molecule has 0 bridgehead atoms. The molecule has 0 aliphatic heterocycles. The van der Waals surface area contributed by atoms with Crippen LogP contribution in [0, 0.1) is 0 Å². The number of hydrogen-bond donors (Lipinski definition) is 1. The lowest BCUT2D eigenvalue weighted by Crippen LogP contribution is -2.03. The zero-order valence-electron chi connectivity index (χ0n) is 10.4. The molecule has 0 fully saturated rings. The number of methoxy groups -OCH3 is 1. The highest BCUT2D eigenvalue weighted by Crippen LogP contribution is 2.27. The highest BCUT2D eigenvalue weighted by Gasteiger charge is 2.15. The Morgan fingerprint density at radius 1 is 1.53 bits per heavy atom. The van der Waals surface area contributed by atoms with Gasteiger partial charge >= 0.3 is 5.97 Å². The third-order valence-electron chi connectivity index (χ3n) is 2.56. The summed E-state index contributed by atoms with van der Waals surface area (Å²) in [5, 5.41) is 12.9. The van der Waals surface area contributed by atoms with Gasteiger partial charge in [-0.25, -0.2) is 14.5 Å². The van der Waals surface area contributed by atoms with Gasteiger partial charge in [0.05, 0.1) is 17.3 Å². The Kier molecular flexibility index (Phi) is 3.84. The van der Waals surface area contributed by atoms with Crippen LogP contribution in [0.15, 0.2) is 22.7 Å². The number of aromatic nitrogens is 3.